The maximum absolute atomic E-state index is 10.4. The van der Waals surface area contributed by atoms with Crippen LogP contribution < -0.4 is 16.4 Å². The van der Waals surface area contributed by atoms with Crippen molar-refractivity contribution in [2.75, 3.05) is 13.1 Å². The van der Waals surface area contributed by atoms with Crippen LogP contribution in [0.3, 0.4) is 0 Å². The predicted octanol–water partition coefficient (Wildman–Crippen LogP) is 0.0428. The molecule has 0 aromatic carbocycles. The second-order valence-electron chi connectivity index (χ2n) is 3.43. The van der Waals surface area contributed by atoms with Gasteiger partial charge in [-0.3, -0.25) is 0 Å². The largest absolute Gasteiger partial charge is 0.352 e. The van der Waals surface area contributed by atoms with Gasteiger partial charge in [-0.1, -0.05) is 6.92 Å². The van der Waals surface area contributed by atoms with E-state index in [4.69, 9.17) is 5.73 Å². The molecule has 2 amide bonds. The van der Waals surface area contributed by atoms with Gasteiger partial charge in [0, 0.05) is 12.6 Å². The van der Waals surface area contributed by atoms with Crippen molar-refractivity contribution in [2.24, 2.45) is 11.7 Å². The fourth-order valence-electron chi connectivity index (χ4n) is 1.60. The van der Waals surface area contributed by atoms with Gasteiger partial charge in [0.1, 0.15) is 0 Å². The van der Waals surface area contributed by atoms with Crippen molar-refractivity contribution < 1.29 is 4.79 Å². The number of urea groups is 1. The van der Waals surface area contributed by atoms with Crippen LogP contribution >= 0.6 is 0 Å². The Kier molecular flexibility index (Phi) is 3.34. The summed E-state index contributed by atoms with van der Waals surface area (Å²) in [6.07, 6.45) is 2.46. The van der Waals surface area contributed by atoms with Crippen molar-refractivity contribution in [1.29, 1.82) is 0 Å². The van der Waals surface area contributed by atoms with Gasteiger partial charge in [0.2, 0.25) is 0 Å². The Morgan fingerprint density at radius 3 is 3.08 bits per heavy atom. The van der Waals surface area contributed by atoms with E-state index in [2.05, 4.69) is 17.6 Å². The summed E-state index contributed by atoms with van der Waals surface area (Å²) in [6, 6.07) is -0.0409. The number of carbonyl (C=O) groups excluding carboxylic acids is 1. The maximum Gasteiger partial charge on any atom is 0.312 e. The molecule has 0 radical (unpaired) electrons. The first kappa shape index (κ1) is 9.32. The van der Waals surface area contributed by atoms with E-state index < -0.39 is 6.03 Å². The fraction of sp³-hybridized carbons (Fsp3) is 0.875. The van der Waals surface area contributed by atoms with Crippen molar-refractivity contribution in [1.82, 2.24) is 10.6 Å². The zero-order valence-electron chi connectivity index (χ0n) is 7.47. The van der Waals surface area contributed by atoms with Crippen molar-refractivity contribution in [3.63, 3.8) is 0 Å². The molecular weight excluding hydrogens is 154 g/mol. The third-order valence-corrected chi connectivity index (χ3v) is 2.43. The Morgan fingerprint density at radius 2 is 2.50 bits per heavy atom. The van der Waals surface area contributed by atoms with Gasteiger partial charge in [-0.15, -0.1) is 0 Å². The lowest BCUT2D eigenvalue weighted by atomic mass is 9.93. The third kappa shape index (κ3) is 2.70. The van der Waals surface area contributed by atoms with Crippen LogP contribution in [0, 0.1) is 5.92 Å². The van der Waals surface area contributed by atoms with Crippen LogP contribution in [0.5, 0.6) is 0 Å². The molecule has 1 fully saturated rings. The van der Waals surface area contributed by atoms with E-state index in [0.29, 0.717) is 18.5 Å². The van der Waals surface area contributed by atoms with Crippen LogP contribution in [0.2, 0.25) is 0 Å². The van der Waals surface area contributed by atoms with E-state index in [1.54, 1.807) is 0 Å². The number of piperidine rings is 1. The molecule has 4 nitrogen and oxygen atoms in total. The minimum absolute atomic E-state index is 0.395. The molecule has 1 heterocycles. The van der Waals surface area contributed by atoms with Gasteiger partial charge in [0.25, 0.3) is 0 Å². The van der Waals surface area contributed by atoms with Gasteiger partial charge in [0.15, 0.2) is 0 Å². The zero-order valence-corrected chi connectivity index (χ0v) is 7.47. The highest BCUT2D eigenvalue weighted by atomic mass is 16.2. The molecule has 0 spiro atoms. The molecular formula is C8H17N3O. The summed E-state index contributed by atoms with van der Waals surface area (Å²) in [5.74, 6) is 0.630. The predicted molar refractivity (Wildman–Crippen MR) is 47.8 cm³/mol. The molecule has 1 saturated heterocycles. The summed E-state index contributed by atoms with van der Waals surface area (Å²) in [5.41, 5.74) is 4.98. The SMILES string of the molecule is CC1CCCNC1CNC(N)=O. The van der Waals surface area contributed by atoms with Gasteiger partial charge in [0.05, 0.1) is 0 Å². The number of primary amides is 1. The van der Waals surface area contributed by atoms with Crippen molar-refractivity contribution >= 4 is 6.03 Å². The standard InChI is InChI=1S/C8H17N3O/c1-6-3-2-4-10-7(6)5-11-8(9)12/h6-7,10H,2-5H2,1H3,(H3,9,11,12). The number of rotatable bonds is 2. The topological polar surface area (TPSA) is 67.2 Å². The molecule has 0 aromatic heterocycles. The number of nitrogens with two attached hydrogens (primary N) is 1. The number of nitrogens with one attached hydrogen (secondary N) is 2. The van der Waals surface area contributed by atoms with E-state index in [-0.39, 0.29) is 0 Å². The summed E-state index contributed by atoms with van der Waals surface area (Å²) < 4.78 is 0. The summed E-state index contributed by atoms with van der Waals surface area (Å²) in [6.45, 7) is 3.89. The van der Waals surface area contributed by atoms with Crippen molar-refractivity contribution in [2.45, 2.75) is 25.8 Å². The van der Waals surface area contributed by atoms with E-state index in [9.17, 15) is 4.79 Å². The molecule has 70 valence electrons. The Hall–Kier alpha value is -0.770. The second-order valence-corrected chi connectivity index (χ2v) is 3.43. The lowest BCUT2D eigenvalue weighted by Gasteiger charge is -2.29. The Labute approximate surface area is 72.9 Å². The van der Waals surface area contributed by atoms with Crippen molar-refractivity contribution in [3.05, 3.63) is 0 Å². The fourth-order valence-corrected chi connectivity index (χ4v) is 1.60. The highest BCUT2D eigenvalue weighted by Crippen LogP contribution is 2.14. The van der Waals surface area contributed by atoms with E-state index in [1.165, 1.54) is 12.8 Å². The summed E-state index contributed by atoms with van der Waals surface area (Å²) >= 11 is 0. The smallest absolute Gasteiger partial charge is 0.312 e. The average Bonchev–Trinajstić information content (AvgIpc) is 2.03. The van der Waals surface area contributed by atoms with Crippen molar-refractivity contribution in [3.8, 4) is 0 Å². The lowest BCUT2D eigenvalue weighted by molar-refractivity contribution is 0.241. The molecule has 0 saturated carbocycles. The second kappa shape index (κ2) is 4.30. The molecule has 1 rings (SSSR count). The van der Waals surface area contributed by atoms with Gasteiger partial charge >= 0.3 is 6.03 Å². The number of carbonyl (C=O) groups is 1. The average molecular weight is 171 g/mol. The summed E-state index contributed by atoms with van der Waals surface area (Å²) in [5, 5.41) is 5.98. The zero-order chi connectivity index (χ0) is 8.97. The molecule has 4 N–H and O–H groups in total. The third-order valence-electron chi connectivity index (χ3n) is 2.43. The first-order valence-corrected chi connectivity index (χ1v) is 4.47. The van der Waals surface area contributed by atoms with Crippen LogP contribution in [-0.2, 0) is 0 Å². The molecule has 4 heteroatoms. The Bertz CT molecular complexity index is 160. The number of hydrogen-bond acceptors (Lipinski definition) is 2. The normalized spacial score (nSPS) is 29.8. The molecule has 2 atom stereocenters. The quantitative estimate of drug-likeness (QED) is 0.549. The first-order valence-electron chi connectivity index (χ1n) is 4.47. The highest BCUT2D eigenvalue weighted by molar-refractivity contribution is 5.71. The molecule has 0 aliphatic carbocycles. The van der Waals surface area contributed by atoms with Gasteiger partial charge in [-0.2, -0.15) is 0 Å². The van der Waals surface area contributed by atoms with Crippen LogP contribution in [0.1, 0.15) is 19.8 Å². The van der Waals surface area contributed by atoms with Crippen LogP contribution in [0.15, 0.2) is 0 Å². The number of amides is 2. The Balaban J connectivity index is 2.24. The molecule has 1 aliphatic heterocycles. The van der Waals surface area contributed by atoms with E-state index in [1.807, 2.05) is 0 Å². The molecule has 12 heavy (non-hydrogen) atoms. The molecule has 0 aromatic rings. The van der Waals surface area contributed by atoms with E-state index in [0.717, 1.165) is 6.54 Å². The van der Waals surface area contributed by atoms with Gasteiger partial charge in [-0.25, -0.2) is 4.79 Å². The van der Waals surface area contributed by atoms with Crippen LogP contribution in [0.25, 0.3) is 0 Å². The molecule has 2 unspecified atom stereocenters. The molecule has 1 aliphatic rings. The van der Waals surface area contributed by atoms with Crippen LogP contribution in [-0.4, -0.2) is 25.2 Å². The monoisotopic (exact) mass is 171 g/mol. The van der Waals surface area contributed by atoms with E-state index >= 15 is 0 Å². The lowest BCUT2D eigenvalue weighted by Crippen LogP contribution is -2.48. The minimum Gasteiger partial charge on any atom is -0.352 e. The van der Waals surface area contributed by atoms with Crippen LogP contribution in [0.4, 0.5) is 4.79 Å². The van der Waals surface area contributed by atoms with Gasteiger partial charge in [-0.05, 0) is 25.3 Å². The summed E-state index contributed by atoms with van der Waals surface area (Å²) in [4.78, 5) is 10.4. The molecule has 0 bridgehead atoms. The highest BCUT2D eigenvalue weighted by Gasteiger charge is 2.20. The minimum atomic E-state index is -0.436. The first-order chi connectivity index (χ1) is 5.70. The van der Waals surface area contributed by atoms with Gasteiger partial charge < -0.3 is 16.4 Å². The summed E-state index contributed by atoms with van der Waals surface area (Å²) in [7, 11) is 0. The maximum atomic E-state index is 10.4. The Morgan fingerprint density at radius 1 is 1.75 bits per heavy atom. The number of hydrogen-bond donors (Lipinski definition) is 3.